The molecule has 0 N–H and O–H groups in total. The summed E-state index contributed by atoms with van der Waals surface area (Å²) in [5, 5.41) is 4.13. The van der Waals surface area contributed by atoms with Crippen molar-refractivity contribution in [2.24, 2.45) is 5.92 Å². The number of aryl methyl sites for hydroxylation is 2. The molecule has 4 nitrogen and oxygen atoms in total. The minimum atomic E-state index is 0.558. The van der Waals surface area contributed by atoms with Gasteiger partial charge >= 0.3 is 0 Å². The number of ether oxygens (including phenoxy) is 1. The highest BCUT2D eigenvalue weighted by molar-refractivity contribution is 7.08. The van der Waals surface area contributed by atoms with Crippen molar-refractivity contribution in [1.82, 2.24) is 9.88 Å². The Morgan fingerprint density at radius 3 is 3.04 bits per heavy atom. The average molecular weight is 383 g/mol. The molecule has 1 saturated heterocycles. The molecule has 1 aromatic carbocycles. The van der Waals surface area contributed by atoms with Gasteiger partial charge in [-0.1, -0.05) is 12.1 Å². The van der Waals surface area contributed by atoms with Crippen molar-refractivity contribution in [3.63, 3.8) is 0 Å². The number of aromatic nitrogens is 1. The summed E-state index contributed by atoms with van der Waals surface area (Å²) in [7, 11) is 0. The zero-order chi connectivity index (χ0) is 18.6. The van der Waals surface area contributed by atoms with Gasteiger partial charge in [0.2, 0.25) is 5.89 Å². The molecule has 0 unspecified atom stereocenters. The molecule has 3 heterocycles. The van der Waals surface area contributed by atoms with Crippen molar-refractivity contribution < 1.29 is 9.15 Å². The third kappa shape index (κ3) is 4.60. The van der Waals surface area contributed by atoms with Crippen LogP contribution in [-0.2, 0) is 6.54 Å². The predicted octanol–water partition coefficient (Wildman–Crippen LogP) is 5.31. The van der Waals surface area contributed by atoms with Crippen molar-refractivity contribution in [2.45, 2.75) is 33.2 Å². The van der Waals surface area contributed by atoms with Gasteiger partial charge < -0.3 is 9.15 Å². The number of hydrogen-bond donors (Lipinski definition) is 0. The van der Waals surface area contributed by atoms with Crippen LogP contribution in [-0.4, -0.2) is 29.6 Å². The topological polar surface area (TPSA) is 38.5 Å². The molecular formula is C22H26N2O2S. The van der Waals surface area contributed by atoms with Crippen LogP contribution in [0.3, 0.4) is 0 Å². The Morgan fingerprint density at radius 1 is 1.30 bits per heavy atom. The molecule has 0 spiro atoms. The van der Waals surface area contributed by atoms with Crippen molar-refractivity contribution in [1.29, 1.82) is 0 Å². The molecule has 5 heteroatoms. The number of rotatable bonds is 6. The van der Waals surface area contributed by atoms with E-state index in [1.165, 1.54) is 18.4 Å². The van der Waals surface area contributed by atoms with Crippen molar-refractivity contribution in [2.75, 3.05) is 19.7 Å². The number of nitrogens with zero attached hydrogens (tertiary/aromatic N) is 2. The number of piperidine rings is 1. The van der Waals surface area contributed by atoms with Crippen LogP contribution in [0.4, 0.5) is 0 Å². The van der Waals surface area contributed by atoms with Gasteiger partial charge in [0.05, 0.1) is 12.3 Å². The van der Waals surface area contributed by atoms with Crippen LogP contribution in [0.2, 0.25) is 0 Å². The summed E-state index contributed by atoms with van der Waals surface area (Å²) in [4.78, 5) is 7.22. The predicted molar refractivity (Wildman–Crippen MR) is 109 cm³/mol. The lowest BCUT2D eigenvalue weighted by atomic mass is 9.99. The Kier molecular flexibility index (Phi) is 5.60. The molecule has 1 fully saturated rings. The molecule has 0 amide bonds. The molecule has 0 saturated carbocycles. The second-order valence-electron chi connectivity index (χ2n) is 7.40. The minimum Gasteiger partial charge on any atom is -0.493 e. The van der Waals surface area contributed by atoms with Gasteiger partial charge in [-0.15, -0.1) is 0 Å². The van der Waals surface area contributed by atoms with Crippen molar-refractivity contribution >= 4 is 11.3 Å². The van der Waals surface area contributed by atoms with Crippen LogP contribution in [0.25, 0.3) is 11.5 Å². The van der Waals surface area contributed by atoms with Crippen LogP contribution < -0.4 is 4.74 Å². The van der Waals surface area contributed by atoms with Gasteiger partial charge in [0.1, 0.15) is 11.5 Å². The van der Waals surface area contributed by atoms with Gasteiger partial charge in [0, 0.05) is 30.0 Å². The fraction of sp³-hybridized carbons (Fsp3) is 0.409. The van der Waals surface area contributed by atoms with E-state index in [1.807, 2.05) is 13.0 Å². The van der Waals surface area contributed by atoms with Crippen LogP contribution in [0.1, 0.15) is 29.9 Å². The Morgan fingerprint density at radius 2 is 2.22 bits per heavy atom. The molecular weight excluding hydrogens is 356 g/mol. The first-order chi connectivity index (χ1) is 13.2. The molecule has 0 radical (unpaired) electrons. The first-order valence-electron chi connectivity index (χ1n) is 9.58. The third-order valence-corrected chi connectivity index (χ3v) is 5.80. The highest BCUT2D eigenvalue weighted by Crippen LogP contribution is 2.26. The van der Waals surface area contributed by atoms with E-state index < -0.39 is 0 Å². The maximum atomic E-state index is 6.04. The number of thiophene rings is 1. The van der Waals surface area contributed by atoms with E-state index >= 15 is 0 Å². The van der Waals surface area contributed by atoms with E-state index in [4.69, 9.17) is 14.1 Å². The first kappa shape index (κ1) is 18.3. The fourth-order valence-electron chi connectivity index (χ4n) is 3.65. The molecule has 2 aromatic heterocycles. The maximum absolute atomic E-state index is 6.04. The molecule has 3 aromatic rings. The summed E-state index contributed by atoms with van der Waals surface area (Å²) in [5.74, 6) is 3.19. The third-order valence-electron chi connectivity index (χ3n) is 5.11. The number of benzene rings is 1. The van der Waals surface area contributed by atoms with Crippen molar-refractivity contribution in [3.8, 4) is 17.2 Å². The van der Waals surface area contributed by atoms with E-state index in [0.29, 0.717) is 5.92 Å². The van der Waals surface area contributed by atoms with E-state index in [2.05, 4.69) is 46.8 Å². The SMILES string of the molecule is Cc1cccc(OC[C@H]2CCCN(Cc3nc(-c4ccsc4)oc3C)C2)c1. The lowest BCUT2D eigenvalue weighted by molar-refractivity contribution is 0.124. The van der Waals surface area contributed by atoms with Crippen LogP contribution in [0.15, 0.2) is 45.5 Å². The van der Waals surface area contributed by atoms with Gasteiger partial charge in [0.15, 0.2) is 0 Å². The van der Waals surface area contributed by atoms with Gasteiger partial charge in [-0.3, -0.25) is 4.90 Å². The average Bonchev–Trinajstić information content (AvgIpc) is 3.31. The molecule has 0 bridgehead atoms. The monoisotopic (exact) mass is 382 g/mol. The van der Waals surface area contributed by atoms with Crippen LogP contribution in [0.5, 0.6) is 5.75 Å². The Labute approximate surface area is 164 Å². The lowest BCUT2D eigenvalue weighted by Crippen LogP contribution is -2.37. The highest BCUT2D eigenvalue weighted by atomic mass is 32.1. The van der Waals surface area contributed by atoms with Gasteiger partial charge in [0.25, 0.3) is 0 Å². The van der Waals surface area contributed by atoms with E-state index in [0.717, 1.165) is 54.9 Å². The Hall–Kier alpha value is -2.11. The summed E-state index contributed by atoms with van der Waals surface area (Å²) < 4.78 is 11.9. The van der Waals surface area contributed by atoms with Gasteiger partial charge in [-0.05, 0) is 62.4 Å². The van der Waals surface area contributed by atoms with E-state index in [-0.39, 0.29) is 0 Å². The van der Waals surface area contributed by atoms with Gasteiger partial charge in [-0.25, -0.2) is 4.98 Å². The second kappa shape index (κ2) is 8.28. The number of hydrogen-bond acceptors (Lipinski definition) is 5. The molecule has 1 aliphatic heterocycles. The smallest absolute Gasteiger partial charge is 0.227 e. The number of likely N-dealkylation sites (tertiary alicyclic amines) is 1. The van der Waals surface area contributed by atoms with E-state index in [1.54, 1.807) is 11.3 Å². The largest absolute Gasteiger partial charge is 0.493 e. The molecule has 1 atom stereocenters. The number of oxazole rings is 1. The summed E-state index contributed by atoms with van der Waals surface area (Å²) >= 11 is 1.67. The second-order valence-corrected chi connectivity index (χ2v) is 8.18. The zero-order valence-corrected chi connectivity index (χ0v) is 16.8. The highest BCUT2D eigenvalue weighted by Gasteiger charge is 2.23. The van der Waals surface area contributed by atoms with Gasteiger partial charge in [-0.2, -0.15) is 11.3 Å². The minimum absolute atomic E-state index is 0.558. The molecule has 1 aliphatic rings. The van der Waals surface area contributed by atoms with Crippen molar-refractivity contribution in [3.05, 3.63) is 58.1 Å². The standard InChI is InChI=1S/C22H26N2O2S/c1-16-5-3-7-20(11-16)25-14-18-6-4-9-24(12-18)13-21-17(2)26-22(23-21)19-8-10-27-15-19/h3,5,7-8,10-11,15,18H,4,6,9,12-14H2,1-2H3/t18-/m0/s1. The molecule has 4 rings (SSSR count). The molecule has 142 valence electrons. The summed E-state index contributed by atoms with van der Waals surface area (Å²) in [6.45, 7) is 7.89. The zero-order valence-electron chi connectivity index (χ0n) is 16.0. The maximum Gasteiger partial charge on any atom is 0.227 e. The first-order valence-corrected chi connectivity index (χ1v) is 10.5. The normalized spacial score (nSPS) is 17.9. The Balaban J connectivity index is 1.35. The van der Waals surface area contributed by atoms with Crippen LogP contribution >= 0.6 is 11.3 Å². The summed E-state index contributed by atoms with van der Waals surface area (Å²) in [6.07, 6.45) is 2.43. The Bertz CT molecular complexity index is 872. The summed E-state index contributed by atoms with van der Waals surface area (Å²) in [5.41, 5.74) is 3.36. The summed E-state index contributed by atoms with van der Waals surface area (Å²) in [6, 6.07) is 10.3. The van der Waals surface area contributed by atoms with E-state index in [9.17, 15) is 0 Å². The molecule has 0 aliphatic carbocycles. The lowest BCUT2D eigenvalue weighted by Gasteiger charge is -2.32. The quantitative estimate of drug-likeness (QED) is 0.579. The van der Waals surface area contributed by atoms with Crippen LogP contribution in [0, 0.1) is 19.8 Å². The fourth-order valence-corrected chi connectivity index (χ4v) is 4.28. The molecule has 27 heavy (non-hydrogen) atoms.